The van der Waals surface area contributed by atoms with Gasteiger partial charge >= 0.3 is 0 Å². The van der Waals surface area contributed by atoms with Crippen LogP contribution in [0.25, 0.3) is 0 Å². The second-order valence-corrected chi connectivity index (χ2v) is 4.44. The van der Waals surface area contributed by atoms with Crippen molar-refractivity contribution in [1.82, 2.24) is 14.7 Å². The van der Waals surface area contributed by atoms with Crippen LogP contribution >= 0.6 is 11.8 Å². The summed E-state index contributed by atoms with van der Waals surface area (Å²) in [5, 5.41) is 3.71. The van der Waals surface area contributed by atoms with Crippen LogP contribution in [0.5, 0.6) is 0 Å². The fourth-order valence-corrected chi connectivity index (χ4v) is 1.92. The third-order valence-electron chi connectivity index (χ3n) is 2.26. The van der Waals surface area contributed by atoms with Crippen LogP contribution in [0.2, 0.25) is 0 Å². The number of aromatic nitrogens is 2. The number of thioether (sulfide) groups is 1. The van der Waals surface area contributed by atoms with Crippen LogP contribution in [0, 0.1) is 0 Å². The fraction of sp³-hybridized carbons (Fsp3) is 0.583. The van der Waals surface area contributed by atoms with E-state index >= 15 is 0 Å². The number of aryl methyl sites for hydroxylation is 1. The van der Waals surface area contributed by atoms with Crippen molar-refractivity contribution < 1.29 is 9.59 Å². The lowest BCUT2D eigenvalue weighted by Gasteiger charge is -2.04. The van der Waals surface area contributed by atoms with Crippen LogP contribution in [-0.2, 0) is 16.6 Å². The van der Waals surface area contributed by atoms with E-state index < -0.39 is 0 Å². The zero-order valence-electron chi connectivity index (χ0n) is 11.6. The first-order valence-corrected chi connectivity index (χ1v) is 7.12. The number of carbonyl (C=O) groups excluding carboxylic acids is 2. The summed E-state index contributed by atoms with van der Waals surface area (Å²) in [6.45, 7) is 4.00. The number of hydrogen-bond acceptors (Lipinski definition) is 4. The quantitative estimate of drug-likeness (QED) is 0.727. The summed E-state index contributed by atoms with van der Waals surface area (Å²) in [4.78, 5) is 23.1. The Hall–Kier alpha value is -1.30. The molecule has 0 N–H and O–H groups in total. The van der Waals surface area contributed by atoms with Gasteiger partial charge in [-0.25, -0.2) is 0 Å². The molecule has 1 aliphatic rings. The van der Waals surface area contributed by atoms with Crippen LogP contribution in [0.3, 0.4) is 0 Å². The van der Waals surface area contributed by atoms with Gasteiger partial charge in [0.1, 0.15) is 0 Å². The molecule has 102 valence electrons. The van der Waals surface area contributed by atoms with Crippen molar-refractivity contribution in [2.24, 2.45) is 7.05 Å². The number of rotatable bonds is 1. The molecule has 1 fully saturated rings. The Morgan fingerprint density at radius 1 is 1.33 bits per heavy atom. The van der Waals surface area contributed by atoms with E-state index in [0.717, 1.165) is 0 Å². The summed E-state index contributed by atoms with van der Waals surface area (Å²) in [6.07, 6.45) is 5.85. The van der Waals surface area contributed by atoms with E-state index in [-0.39, 0.29) is 17.1 Å². The number of carbonyl (C=O) groups is 2. The Bertz CT molecular complexity index is 365. The van der Waals surface area contributed by atoms with Crippen LogP contribution in [0.15, 0.2) is 18.5 Å². The molecule has 1 atom stereocenters. The van der Waals surface area contributed by atoms with Crippen LogP contribution < -0.4 is 0 Å². The highest BCUT2D eigenvalue weighted by molar-refractivity contribution is 8.00. The number of imide groups is 1. The Labute approximate surface area is 113 Å². The van der Waals surface area contributed by atoms with Gasteiger partial charge in [-0.3, -0.25) is 19.2 Å². The van der Waals surface area contributed by atoms with Crippen LogP contribution in [0.4, 0.5) is 0 Å². The third kappa shape index (κ3) is 4.91. The van der Waals surface area contributed by atoms with Crippen molar-refractivity contribution in [3.8, 4) is 0 Å². The molecular weight excluding hydrogens is 250 g/mol. The number of hydrogen-bond donors (Lipinski definition) is 0. The largest absolute Gasteiger partial charge is 0.285 e. The summed E-state index contributed by atoms with van der Waals surface area (Å²) >= 11 is 1.44. The van der Waals surface area contributed by atoms with E-state index in [1.54, 1.807) is 10.9 Å². The molecule has 6 heteroatoms. The van der Waals surface area contributed by atoms with E-state index in [1.807, 2.05) is 39.4 Å². The Balaban J connectivity index is 0.000000308. The van der Waals surface area contributed by atoms with Gasteiger partial charge in [0, 0.05) is 32.9 Å². The second-order valence-electron chi connectivity index (χ2n) is 3.40. The van der Waals surface area contributed by atoms with Gasteiger partial charge in [0.25, 0.3) is 0 Å². The highest BCUT2D eigenvalue weighted by Crippen LogP contribution is 2.21. The van der Waals surface area contributed by atoms with E-state index in [0.29, 0.717) is 6.42 Å². The standard InChI is InChI=1S/C6H9NO2S.C4H6N2.C2H6/c1-7-5(8)3-4(10-2)6(7)9;1-6-4-2-3-5-6;1-2/h4H,3H2,1-2H3;2-4H,1H3;1-2H3. The number of likely N-dealkylation sites (tertiary alicyclic amines) is 1. The Morgan fingerprint density at radius 2 is 1.94 bits per heavy atom. The average molecular weight is 271 g/mol. The van der Waals surface area contributed by atoms with Gasteiger partial charge in [0.05, 0.1) is 5.25 Å². The molecule has 0 bridgehead atoms. The van der Waals surface area contributed by atoms with Crippen LogP contribution in [-0.4, -0.2) is 45.0 Å². The maximum Gasteiger partial charge on any atom is 0.242 e. The Morgan fingerprint density at radius 3 is 2.11 bits per heavy atom. The molecule has 0 aromatic carbocycles. The van der Waals surface area contributed by atoms with Crippen molar-refractivity contribution in [2.45, 2.75) is 25.5 Å². The molecule has 2 rings (SSSR count). The Kier molecular flexibility index (Phi) is 8.11. The molecule has 1 aromatic rings. The molecule has 2 heterocycles. The predicted molar refractivity (Wildman–Crippen MR) is 74.3 cm³/mol. The lowest BCUT2D eigenvalue weighted by molar-refractivity contribution is -0.136. The molecule has 1 aliphatic heterocycles. The molecular formula is C12H21N3O2S. The molecule has 0 radical (unpaired) electrons. The molecule has 1 unspecified atom stereocenters. The normalized spacial score (nSPS) is 17.8. The molecule has 1 saturated heterocycles. The summed E-state index contributed by atoms with van der Waals surface area (Å²) in [5.41, 5.74) is 0. The highest BCUT2D eigenvalue weighted by atomic mass is 32.2. The monoisotopic (exact) mass is 271 g/mol. The minimum atomic E-state index is -0.127. The van der Waals surface area contributed by atoms with Gasteiger partial charge < -0.3 is 0 Å². The SMILES string of the molecule is CC.CSC1CC(=O)N(C)C1=O.Cn1cccn1. The number of amides is 2. The molecule has 5 nitrogen and oxygen atoms in total. The zero-order chi connectivity index (χ0) is 14.1. The molecule has 0 aliphatic carbocycles. The van der Waals surface area contributed by atoms with Crippen molar-refractivity contribution in [3.05, 3.63) is 18.5 Å². The topological polar surface area (TPSA) is 55.2 Å². The summed E-state index contributed by atoms with van der Waals surface area (Å²) in [5.74, 6) is -0.123. The summed E-state index contributed by atoms with van der Waals surface area (Å²) < 4.78 is 1.75. The summed E-state index contributed by atoms with van der Waals surface area (Å²) in [7, 11) is 3.42. The van der Waals surface area contributed by atoms with E-state index in [1.165, 1.54) is 23.7 Å². The molecule has 0 spiro atoms. The second kappa shape index (κ2) is 8.74. The first-order valence-electron chi connectivity index (χ1n) is 5.83. The van der Waals surface area contributed by atoms with Crippen LogP contribution in [0.1, 0.15) is 20.3 Å². The molecule has 2 amide bonds. The molecule has 18 heavy (non-hydrogen) atoms. The maximum atomic E-state index is 11.0. The van der Waals surface area contributed by atoms with Gasteiger partial charge in [-0.2, -0.15) is 16.9 Å². The van der Waals surface area contributed by atoms with Gasteiger partial charge in [0.2, 0.25) is 11.8 Å². The fourth-order valence-electron chi connectivity index (χ4n) is 1.25. The van der Waals surface area contributed by atoms with Crippen molar-refractivity contribution >= 4 is 23.6 Å². The maximum absolute atomic E-state index is 11.0. The average Bonchev–Trinajstić information content (AvgIpc) is 2.96. The molecule has 1 aromatic heterocycles. The lowest BCUT2D eigenvalue weighted by atomic mass is 10.4. The first-order chi connectivity index (χ1) is 8.56. The zero-order valence-corrected chi connectivity index (χ0v) is 12.4. The van der Waals surface area contributed by atoms with Gasteiger partial charge in [-0.1, -0.05) is 13.8 Å². The van der Waals surface area contributed by atoms with Crippen molar-refractivity contribution in [3.63, 3.8) is 0 Å². The van der Waals surface area contributed by atoms with E-state index in [9.17, 15) is 9.59 Å². The van der Waals surface area contributed by atoms with Gasteiger partial charge in [-0.05, 0) is 12.3 Å². The highest BCUT2D eigenvalue weighted by Gasteiger charge is 2.34. The van der Waals surface area contributed by atoms with Gasteiger partial charge in [0.15, 0.2) is 0 Å². The number of nitrogens with zero attached hydrogens (tertiary/aromatic N) is 3. The predicted octanol–water partition coefficient (Wildman–Crippen LogP) is 1.55. The van der Waals surface area contributed by atoms with Crippen molar-refractivity contribution in [1.29, 1.82) is 0 Å². The third-order valence-corrected chi connectivity index (χ3v) is 3.20. The van der Waals surface area contributed by atoms with E-state index in [4.69, 9.17) is 0 Å². The molecule has 0 saturated carbocycles. The van der Waals surface area contributed by atoms with E-state index in [2.05, 4.69) is 5.10 Å². The first kappa shape index (κ1) is 16.7. The minimum Gasteiger partial charge on any atom is -0.285 e. The smallest absolute Gasteiger partial charge is 0.242 e. The summed E-state index contributed by atoms with van der Waals surface area (Å²) in [6, 6.07) is 1.89. The van der Waals surface area contributed by atoms with Crippen molar-refractivity contribution in [2.75, 3.05) is 13.3 Å². The lowest BCUT2D eigenvalue weighted by Crippen LogP contribution is -2.26. The van der Waals surface area contributed by atoms with Gasteiger partial charge in [-0.15, -0.1) is 0 Å². The minimum absolute atomic E-state index is 0.0579.